The van der Waals surface area contributed by atoms with E-state index < -0.39 is 8.80 Å². The van der Waals surface area contributed by atoms with E-state index in [1.165, 1.54) is 16.7 Å². The van der Waals surface area contributed by atoms with Crippen LogP contribution < -0.4 is 9.75 Å². The molecule has 2 atom stereocenters. The lowest BCUT2D eigenvalue weighted by atomic mass is 9.83. The van der Waals surface area contributed by atoms with E-state index in [9.17, 15) is 0 Å². The number of hydrogen-bond donors (Lipinski definition) is 0. The Bertz CT molecular complexity index is 1160. The summed E-state index contributed by atoms with van der Waals surface area (Å²) in [7, 11) is -0.870. The molecule has 0 spiro atoms. The zero-order valence-corrected chi connectivity index (χ0v) is 20.2. The summed E-state index contributed by atoms with van der Waals surface area (Å²) in [6.07, 6.45) is 4.72. The summed E-state index contributed by atoms with van der Waals surface area (Å²) in [5, 5.41) is 4.00. The van der Waals surface area contributed by atoms with Gasteiger partial charge in [-0.15, -0.1) is 23.1 Å². The maximum atomic E-state index is 2.53. The van der Waals surface area contributed by atoms with E-state index in [0.29, 0.717) is 11.2 Å². The number of hydrogen-bond acceptors (Lipinski definition) is 2. The predicted molar refractivity (Wildman–Crippen MR) is 130 cm³/mol. The van der Waals surface area contributed by atoms with Crippen LogP contribution in [0.3, 0.4) is 0 Å². The van der Waals surface area contributed by atoms with Crippen LogP contribution in [-0.2, 0) is 6.42 Å². The Balaban J connectivity index is 1.79. The maximum absolute atomic E-state index is 2.53. The first-order valence-corrected chi connectivity index (χ1v) is 15.2. The van der Waals surface area contributed by atoms with Crippen LogP contribution in [-0.4, -0.2) is 14.0 Å². The molecule has 28 heavy (non-hydrogen) atoms. The molecule has 1 aliphatic heterocycles. The Hall–Kier alpha value is -1.29. The molecule has 0 radical (unpaired) electrons. The molecule has 1 aromatic carbocycles. The summed E-state index contributed by atoms with van der Waals surface area (Å²) >= 11 is 4.27. The second-order valence-corrected chi connectivity index (χ2v) is 13.7. The van der Waals surface area contributed by atoms with E-state index in [1.54, 1.807) is 30.7 Å². The summed E-state index contributed by atoms with van der Waals surface area (Å²) in [5.74, 6) is 0.449. The fraction of sp³-hybridized carbons (Fsp3) is 0.360. The van der Waals surface area contributed by atoms with Crippen molar-refractivity contribution in [1.82, 2.24) is 0 Å². The normalized spacial score (nSPS) is 22.9. The summed E-state index contributed by atoms with van der Waals surface area (Å²) in [4.78, 5) is 3.19. The Morgan fingerprint density at radius 2 is 1.82 bits per heavy atom. The van der Waals surface area contributed by atoms with Gasteiger partial charge in [-0.25, -0.2) is 0 Å². The fourth-order valence-electron chi connectivity index (χ4n) is 5.23. The smallest absolute Gasteiger partial charge is 0.0633 e. The Labute approximate surface area is 178 Å². The zero-order chi connectivity index (χ0) is 19.6. The van der Waals surface area contributed by atoms with E-state index in [-0.39, 0.29) is 0 Å². The fourth-order valence-corrected chi connectivity index (χ4v) is 11.2. The van der Waals surface area contributed by atoms with Gasteiger partial charge >= 0.3 is 0 Å². The van der Waals surface area contributed by atoms with Crippen molar-refractivity contribution in [2.75, 3.05) is 0 Å². The third kappa shape index (κ3) is 2.56. The lowest BCUT2D eigenvalue weighted by molar-refractivity contribution is 0.961. The first-order chi connectivity index (χ1) is 13.5. The third-order valence-electron chi connectivity index (χ3n) is 6.46. The van der Waals surface area contributed by atoms with E-state index in [2.05, 4.69) is 93.4 Å². The maximum Gasteiger partial charge on any atom is 0.0633 e. The van der Waals surface area contributed by atoms with Crippen LogP contribution in [0.25, 0.3) is 16.8 Å². The van der Waals surface area contributed by atoms with E-state index >= 15 is 0 Å². The second-order valence-electron chi connectivity index (χ2n) is 8.47. The number of thiophene rings is 1. The Morgan fingerprint density at radius 1 is 1.04 bits per heavy atom. The molecule has 0 fully saturated rings. The second kappa shape index (κ2) is 6.89. The molecule has 2 heterocycles. The molecule has 0 saturated carbocycles. The van der Waals surface area contributed by atoms with Gasteiger partial charge in [0.05, 0.1) is 14.0 Å². The molecule has 0 amide bonds. The molecule has 0 bridgehead atoms. The summed E-state index contributed by atoms with van der Waals surface area (Å²) in [6.45, 7) is 12.0. The highest BCUT2D eigenvalue weighted by atomic mass is 32.2. The van der Waals surface area contributed by atoms with Crippen LogP contribution in [0.4, 0.5) is 0 Å². The molecular formula is C25H28S2Si. The van der Waals surface area contributed by atoms with Crippen molar-refractivity contribution in [2.24, 2.45) is 0 Å². The molecule has 5 rings (SSSR count). The van der Waals surface area contributed by atoms with Crippen molar-refractivity contribution in [3.8, 4) is 0 Å². The summed E-state index contributed by atoms with van der Waals surface area (Å²) in [6, 6.07) is 11.6. The average molecular weight is 421 g/mol. The number of benzene rings is 1. The number of fused-ring (bicyclic) bond motifs is 3. The lowest BCUT2D eigenvalue weighted by Gasteiger charge is -2.21. The van der Waals surface area contributed by atoms with Crippen molar-refractivity contribution in [1.29, 1.82) is 0 Å². The van der Waals surface area contributed by atoms with Crippen molar-refractivity contribution >= 4 is 48.7 Å². The molecule has 2 unspecified atom stereocenters. The monoisotopic (exact) mass is 420 g/mol. The molecule has 0 N–H and O–H groups in total. The van der Waals surface area contributed by atoms with Crippen LogP contribution in [0.2, 0.25) is 13.1 Å². The van der Waals surface area contributed by atoms with Gasteiger partial charge in [0, 0.05) is 15.3 Å². The Kier molecular flexibility index (Phi) is 4.61. The molecule has 0 nitrogen and oxygen atoms in total. The van der Waals surface area contributed by atoms with Gasteiger partial charge in [-0.2, -0.15) is 0 Å². The van der Waals surface area contributed by atoms with E-state index in [1.807, 2.05) is 5.20 Å². The molecule has 1 aromatic heterocycles. The molecule has 0 saturated heterocycles. The Morgan fingerprint density at radius 3 is 2.54 bits per heavy atom. The van der Waals surface area contributed by atoms with Crippen molar-refractivity contribution in [3.63, 3.8) is 0 Å². The van der Waals surface area contributed by atoms with Crippen molar-refractivity contribution < 1.29 is 0 Å². The van der Waals surface area contributed by atoms with Gasteiger partial charge in [0.15, 0.2) is 0 Å². The first-order valence-electron chi connectivity index (χ1n) is 10.6. The number of aryl methyl sites for hydroxylation is 1. The molecule has 144 valence electrons. The van der Waals surface area contributed by atoms with Crippen LogP contribution >= 0.6 is 23.1 Å². The SMILES string of the molecule is CCC1=C(C2C(C)=Cc3ccccc32)C2=c3cc(CC)sc3=C([SiH](C)C)C2S1. The zero-order valence-electron chi connectivity index (χ0n) is 17.4. The number of allylic oxidation sites excluding steroid dienone is 3. The van der Waals surface area contributed by atoms with Crippen LogP contribution in [0.5, 0.6) is 0 Å². The van der Waals surface area contributed by atoms with Crippen molar-refractivity contribution in [2.45, 2.75) is 57.9 Å². The summed E-state index contributed by atoms with van der Waals surface area (Å²) in [5.41, 5.74) is 7.78. The molecule has 2 aliphatic carbocycles. The van der Waals surface area contributed by atoms with Gasteiger partial charge in [0.25, 0.3) is 0 Å². The van der Waals surface area contributed by atoms with Crippen LogP contribution in [0.1, 0.15) is 49.1 Å². The largest absolute Gasteiger partial charge is 0.141 e. The number of rotatable bonds is 4. The number of thioether (sulfide) groups is 1. The predicted octanol–water partition coefficient (Wildman–Crippen LogP) is 5.63. The van der Waals surface area contributed by atoms with Gasteiger partial charge in [0.1, 0.15) is 0 Å². The third-order valence-corrected chi connectivity index (χ3v) is 11.6. The highest BCUT2D eigenvalue weighted by Crippen LogP contribution is 2.56. The first kappa shape index (κ1) is 18.7. The van der Waals surface area contributed by atoms with Gasteiger partial charge in [-0.1, -0.05) is 62.9 Å². The molecular weight excluding hydrogens is 392 g/mol. The average Bonchev–Trinajstić information content (AvgIpc) is 3.38. The van der Waals surface area contributed by atoms with E-state index in [4.69, 9.17) is 0 Å². The minimum absolute atomic E-state index is 0.449. The topological polar surface area (TPSA) is 0 Å². The highest BCUT2D eigenvalue weighted by Gasteiger charge is 2.42. The molecule has 3 aliphatic rings. The molecule has 3 heteroatoms. The van der Waals surface area contributed by atoms with Crippen LogP contribution in [0, 0.1) is 0 Å². The summed E-state index contributed by atoms with van der Waals surface area (Å²) < 4.78 is 1.64. The van der Waals surface area contributed by atoms with Crippen LogP contribution in [0.15, 0.2) is 46.4 Å². The minimum atomic E-state index is -0.870. The van der Waals surface area contributed by atoms with Gasteiger partial charge in [-0.05, 0) is 63.4 Å². The quantitative estimate of drug-likeness (QED) is 0.578. The minimum Gasteiger partial charge on any atom is -0.141 e. The molecule has 2 aromatic rings. The highest BCUT2D eigenvalue weighted by molar-refractivity contribution is 8.05. The standard InChI is InChI=1S/C25H28S2Si/c1-6-16-13-18-21-22(20-14(3)12-15-10-8-9-11-17(15)20)19(7-2)27-24(21)25(28(4)5)23(18)26-16/h8-13,20,24,28H,6-7H2,1-5H3. The van der Waals surface area contributed by atoms with Crippen molar-refractivity contribution in [3.05, 3.63) is 72.1 Å². The van der Waals surface area contributed by atoms with E-state index in [0.717, 1.165) is 12.8 Å². The van der Waals surface area contributed by atoms with Gasteiger partial charge in [0.2, 0.25) is 0 Å². The van der Waals surface area contributed by atoms with Gasteiger partial charge in [-0.3, -0.25) is 0 Å². The lowest BCUT2D eigenvalue weighted by Crippen LogP contribution is -2.22. The van der Waals surface area contributed by atoms with Gasteiger partial charge < -0.3 is 0 Å².